The predicted molar refractivity (Wildman–Crippen MR) is 144 cm³/mol. The van der Waals surface area contributed by atoms with E-state index in [0.717, 1.165) is 27.5 Å². The minimum Gasteiger partial charge on any atom is -0.473 e. The van der Waals surface area contributed by atoms with Gasteiger partial charge in [-0.3, -0.25) is 4.90 Å². The van der Waals surface area contributed by atoms with Crippen molar-refractivity contribution in [2.24, 2.45) is 10.7 Å². The third-order valence-electron chi connectivity index (χ3n) is 4.82. The molecular formula is C27H24N4O5S. The first-order valence-corrected chi connectivity index (χ1v) is 11.8. The van der Waals surface area contributed by atoms with Crippen LogP contribution in [-0.2, 0) is 16.1 Å². The van der Waals surface area contributed by atoms with Crippen molar-refractivity contribution in [1.29, 1.82) is 0 Å². The highest BCUT2D eigenvalue weighted by atomic mass is 32.1. The van der Waals surface area contributed by atoms with Gasteiger partial charge in [0, 0.05) is 6.54 Å². The summed E-state index contributed by atoms with van der Waals surface area (Å²) in [6.07, 6.45) is 0. The van der Waals surface area contributed by atoms with Crippen LogP contribution in [0.25, 0.3) is 0 Å². The molecule has 0 bridgehead atoms. The van der Waals surface area contributed by atoms with Crippen LogP contribution in [0.3, 0.4) is 0 Å². The summed E-state index contributed by atoms with van der Waals surface area (Å²) in [6.45, 7) is 0.402. The molecule has 0 radical (unpaired) electrons. The van der Waals surface area contributed by atoms with Crippen LogP contribution in [0.5, 0.6) is 0 Å². The van der Waals surface area contributed by atoms with Crippen molar-refractivity contribution in [2.45, 2.75) is 6.54 Å². The van der Waals surface area contributed by atoms with Crippen molar-refractivity contribution in [3.63, 3.8) is 0 Å². The number of carbonyl (C=O) groups excluding carboxylic acids is 1. The maximum atomic E-state index is 13.0. The van der Waals surface area contributed by atoms with E-state index in [9.17, 15) is 4.79 Å². The van der Waals surface area contributed by atoms with E-state index in [1.807, 2.05) is 102 Å². The number of amidine groups is 1. The smallest absolute Gasteiger partial charge is 0.414 e. The molecule has 0 unspecified atom stereocenters. The van der Waals surface area contributed by atoms with Gasteiger partial charge in [0.05, 0.1) is 21.9 Å². The van der Waals surface area contributed by atoms with E-state index in [0.29, 0.717) is 12.4 Å². The van der Waals surface area contributed by atoms with E-state index < -0.39 is 11.9 Å². The Balaban J connectivity index is 0.000000568. The number of benzene rings is 3. The van der Waals surface area contributed by atoms with Gasteiger partial charge in [-0.25, -0.2) is 19.4 Å². The van der Waals surface area contributed by atoms with Gasteiger partial charge in [-0.15, -0.1) is 11.3 Å². The number of carbonyl (C=O) groups is 3. The van der Waals surface area contributed by atoms with Gasteiger partial charge in [-0.05, 0) is 53.4 Å². The number of carboxylic acids is 2. The number of carboxylic acid groups (broad SMARTS) is 2. The summed E-state index contributed by atoms with van der Waals surface area (Å²) in [7, 11) is 0. The lowest BCUT2D eigenvalue weighted by Crippen LogP contribution is -2.36. The van der Waals surface area contributed by atoms with Crippen LogP contribution >= 0.6 is 11.3 Å². The zero-order valence-electron chi connectivity index (χ0n) is 19.5. The second-order valence-electron chi connectivity index (χ2n) is 7.42. The van der Waals surface area contributed by atoms with Gasteiger partial charge >= 0.3 is 18.0 Å². The van der Waals surface area contributed by atoms with Gasteiger partial charge in [-0.2, -0.15) is 0 Å². The summed E-state index contributed by atoms with van der Waals surface area (Å²) in [5.74, 6) is -3.15. The van der Waals surface area contributed by atoms with Gasteiger partial charge in [0.2, 0.25) is 0 Å². The molecule has 0 aliphatic carbocycles. The molecule has 0 aliphatic rings. The number of amides is 2. The summed E-state index contributed by atoms with van der Waals surface area (Å²) >= 11 is 1.56. The number of aliphatic imine (C=N–C) groups is 1. The van der Waals surface area contributed by atoms with Gasteiger partial charge in [0.15, 0.2) is 0 Å². The van der Waals surface area contributed by atoms with Crippen molar-refractivity contribution >= 4 is 52.2 Å². The third kappa shape index (κ3) is 8.05. The fourth-order valence-electron chi connectivity index (χ4n) is 3.10. The van der Waals surface area contributed by atoms with E-state index in [4.69, 9.17) is 25.5 Å². The van der Waals surface area contributed by atoms with Crippen molar-refractivity contribution < 1.29 is 24.6 Å². The Morgan fingerprint density at radius 1 is 0.784 bits per heavy atom. The first-order valence-electron chi connectivity index (χ1n) is 11.0. The average Bonchev–Trinajstić information content (AvgIpc) is 3.45. The molecular weight excluding hydrogens is 492 g/mol. The van der Waals surface area contributed by atoms with Crippen molar-refractivity contribution in [1.82, 2.24) is 5.32 Å². The number of anilines is 2. The van der Waals surface area contributed by atoms with E-state index in [2.05, 4.69) is 10.3 Å². The normalized spacial score (nSPS) is 10.5. The SMILES string of the molecule is NC(=Nc1ccc(CNC(=O)N(c2ccccc2)c2ccccc2)cc1)c1cccs1.O=C(O)C(=O)O. The van der Waals surface area contributed by atoms with E-state index >= 15 is 0 Å². The topological polar surface area (TPSA) is 145 Å². The lowest BCUT2D eigenvalue weighted by molar-refractivity contribution is -0.159. The number of para-hydroxylation sites is 2. The third-order valence-corrected chi connectivity index (χ3v) is 5.71. The monoisotopic (exact) mass is 516 g/mol. The van der Waals surface area contributed by atoms with Gasteiger partial charge in [0.1, 0.15) is 5.84 Å². The molecule has 0 atom stereocenters. The molecule has 1 aromatic heterocycles. The molecule has 0 aliphatic heterocycles. The Labute approximate surface area is 217 Å². The molecule has 2 amide bonds. The maximum absolute atomic E-state index is 13.0. The van der Waals surface area contributed by atoms with Crippen LogP contribution < -0.4 is 16.0 Å². The molecule has 10 heteroatoms. The second-order valence-corrected chi connectivity index (χ2v) is 8.36. The predicted octanol–water partition coefficient (Wildman–Crippen LogP) is 4.99. The highest BCUT2D eigenvalue weighted by molar-refractivity contribution is 7.12. The number of aliphatic carboxylic acids is 2. The molecule has 188 valence electrons. The molecule has 9 nitrogen and oxygen atoms in total. The Kier molecular flexibility index (Phi) is 9.51. The molecule has 0 fully saturated rings. The highest BCUT2D eigenvalue weighted by Crippen LogP contribution is 2.25. The number of hydrogen-bond donors (Lipinski definition) is 4. The number of nitrogens with one attached hydrogen (secondary N) is 1. The molecule has 3 aromatic carbocycles. The minimum absolute atomic E-state index is 0.193. The quantitative estimate of drug-likeness (QED) is 0.161. The first kappa shape index (κ1) is 26.6. The number of nitrogens with zero attached hydrogens (tertiary/aromatic N) is 2. The van der Waals surface area contributed by atoms with Crippen LogP contribution in [-0.4, -0.2) is 34.0 Å². The van der Waals surface area contributed by atoms with Gasteiger partial charge < -0.3 is 21.3 Å². The van der Waals surface area contributed by atoms with Crippen molar-refractivity contribution in [3.8, 4) is 0 Å². The molecule has 0 saturated heterocycles. The van der Waals surface area contributed by atoms with Crippen LogP contribution in [0.1, 0.15) is 10.4 Å². The van der Waals surface area contributed by atoms with Crippen LogP contribution in [0.4, 0.5) is 21.9 Å². The molecule has 0 saturated carbocycles. The Hall–Kier alpha value is -4.96. The van der Waals surface area contributed by atoms with Crippen LogP contribution in [0, 0.1) is 0 Å². The molecule has 5 N–H and O–H groups in total. The lowest BCUT2D eigenvalue weighted by Gasteiger charge is -2.23. The number of urea groups is 1. The fourth-order valence-corrected chi connectivity index (χ4v) is 3.73. The maximum Gasteiger partial charge on any atom is 0.414 e. The summed E-state index contributed by atoms with van der Waals surface area (Å²) in [6, 6.07) is 30.6. The summed E-state index contributed by atoms with van der Waals surface area (Å²) in [5, 5.41) is 19.8. The van der Waals surface area contributed by atoms with E-state index in [1.54, 1.807) is 16.2 Å². The Morgan fingerprint density at radius 3 is 1.78 bits per heavy atom. The Morgan fingerprint density at radius 2 is 1.32 bits per heavy atom. The standard InChI is InChI=1S/C25H22N4OS.C2H2O4/c26-24(23-12-7-17-31-23)28-20-15-13-19(14-16-20)18-27-25(30)29(21-8-3-1-4-9-21)22-10-5-2-6-11-22;3-1(4)2(5)6/h1-17H,18H2,(H2,26,28)(H,27,30);(H,3,4)(H,5,6). The number of rotatable bonds is 6. The number of nitrogens with two attached hydrogens (primary N) is 1. The van der Waals surface area contributed by atoms with Crippen LogP contribution in [0.2, 0.25) is 0 Å². The highest BCUT2D eigenvalue weighted by Gasteiger charge is 2.17. The Bertz CT molecular complexity index is 1290. The van der Waals surface area contributed by atoms with Crippen molar-refractivity contribution in [2.75, 3.05) is 4.90 Å². The molecule has 37 heavy (non-hydrogen) atoms. The summed E-state index contributed by atoms with van der Waals surface area (Å²) in [5.41, 5.74) is 9.41. The van der Waals surface area contributed by atoms with Gasteiger partial charge in [0.25, 0.3) is 0 Å². The van der Waals surface area contributed by atoms with E-state index in [1.165, 1.54) is 0 Å². The fraction of sp³-hybridized carbons (Fsp3) is 0.0370. The first-order chi connectivity index (χ1) is 17.8. The molecule has 1 heterocycles. The zero-order valence-corrected chi connectivity index (χ0v) is 20.3. The zero-order chi connectivity index (χ0) is 26.6. The average molecular weight is 517 g/mol. The minimum atomic E-state index is -1.82. The largest absolute Gasteiger partial charge is 0.473 e. The van der Waals surface area contributed by atoms with E-state index in [-0.39, 0.29) is 6.03 Å². The molecule has 4 aromatic rings. The number of thiophene rings is 1. The lowest BCUT2D eigenvalue weighted by atomic mass is 10.2. The number of hydrogen-bond acceptors (Lipinski definition) is 5. The van der Waals surface area contributed by atoms with Crippen LogP contribution in [0.15, 0.2) is 107 Å². The summed E-state index contributed by atoms with van der Waals surface area (Å²) < 4.78 is 0. The molecule has 0 spiro atoms. The molecule has 4 rings (SSSR count). The summed E-state index contributed by atoms with van der Waals surface area (Å²) in [4.78, 5) is 38.3. The second kappa shape index (κ2) is 13.2. The van der Waals surface area contributed by atoms with Crippen molar-refractivity contribution in [3.05, 3.63) is 113 Å². The van der Waals surface area contributed by atoms with Gasteiger partial charge in [-0.1, -0.05) is 54.6 Å².